The van der Waals surface area contributed by atoms with Crippen molar-refractivity contribution in [2.75, 3.05) is 24.7 Å². The van der Waals surface area contributed by atoms with Crippen molar-refractivity contribution in [3.05, 3.63) is 0 Å². The van der Waals surface area contributed by atoms with E-state index in [1.54, 1.807) is 0 Å². The van der Waals surface area contributed by atoms with E-state index in [4.69, 9.17) is 5.11 Å². The van der Waals surface area contributed by atoms with E-state index in [0.717, 1.165) is 31.8 Å². The van der Waals surface area contributed by atoms with Crippen molar-refractivity contribution in [3.8, 4) is 0 Å². The predicted molar refractivity (Wildman–Crippen MR) is 75.2 cm³/mol. The average Bonchev–Trinajstić information content (AvgIpc) is 2.88. The van der Waals surface area contributed by atoms with E-state index >= 15 is 0 Å². The maximum absolute atomic E-state index is 12.4. The molecule has 0 bridgehead atoms. The van der Waals surface area contributed by atoms with Crippen molar-refractivity contribution in [2.45, 2.75) is 38.6 Å². The summed E-state index contributed by atoms with van der Waals surface area (Å²) in [5.74, 6) is 0.856. The van der Waals surface area contributed by atoms with Crippen molar-refractivity contribution in [3.63, 3.8) is 0 Å². The standard InChI is InChI=1S/C13H22N2O3S/c1-2-3-10-4-6-14(7-5-10)13(18)15-9-19-8-11(15)12(16)17/h10-11H,2-9H2,1H3,(H,16,17)/t11-/m0/s1. The van der Waals surface area contributed by atoms with E-state index in [2.05, 4.69) is 6.92 Å². The van der Waals surface area contributed by atoms with Gasteiger partial charge in [-0.1, -0.05) is 19.8 Å². The van der Waals surface area contributed by atoms with Gasteiger partial charge in [-0.25, -0.2) is 9.59 Å². The minimum absolute atomic E-state index is 0.0904. The van der Waals surface area contributed by atoms with Crippen molar-refractivity contribution in [1.82, 2.24) is 9.80 Å². The lowest BCUT2D eigenvalue weighted by molar-refractivity contribution is -0.141. The molecule has 2 aliphatic rings. The fraction of sp³-hybridized carbons (Fsp3) is 0.846. The highest BCUT2D eigenvalue weighted by atomic mass is 32.2. The fourth-order valence-corrected chi connectivity index (χ4v) is 3.98. The van der Waals surface area contributed by atoms with Crippen molar-refractivity contribution < 1.29 is 14.7 Å². The van der Waals surface area contributed by atoms with Gasteiger partial charge in [0.2, 0.25) is 0 Å². The maximum Gasteiger partial charge on any atom is 0.327 e. The molecule has 5 nitrogen and oxygen atoms in total. The molecule has 1 N–H and O–H groups in total. The van der Waals surface area contributed by atoms with E-state index in [-0.39, 0.29) is 6.03 Å². The smallest absolute Gasteiger partial charge is 0.327 e. The number of carboxylic acid groups (broad SMARTS) is 1. The molecule has 0 aromatic rings. The lowest BCUT2D eigenvalue weighted by Crippen LogP contribution is -2.50. The number of amides is 2. The second-order valence-corrected chi connectivity index (χ2v) is 6.33. The third-order valence-corrected chi connectivity index (χ3v) is 5.01. The van der Waals surface area contributed by atoms with Crippen LogP contribution in [-0.2, 0) is 4.79 Å². The van der Waals surface area contributed by atoms with Gasteiger partial charge in [-0.15, -0.1) is 11.8 Å². The molecule has 6 heteroatoms. The van der Waals surface area contributed by atoms with E-state index < -0.39 is 12.0 Å². The van der Waals surface area contributed by atoms with Crippen LogP contribution in [0.2, 0.25) is 0 Å². The molecule has 0 unspecified atom stereocenters. The molecule has 2 amide bonds. The molecule has 0 aromatic carbocycles. The van der Waals surface area contributed by atoms with Gasteiger partial charge in [-0.3, -0.25) is 0 Å². The molecule has 2 heterocycles. The first-order valence-corrected chi connectivity index (χ1v) is 8.15. The number of piperidine rings is 1. The molecule has 0 aliphatic carbocycles. The van der Waals surface area contributed by atoms with Crippen LogP contribution in [0.15, 0.2) is 0 Å². The lowest BCUT2D eigenvalue weighted by Gasteiger charge is -2.35. The SMILES string of the molecule is CCCC1CCN(C(=O)N2CSC[C@H]2C(=O)O)CC1. The number of carboxylic acids is 1. The van der Waals surface area contributed by atoms with E-state index in [9.17, 15) is 9.59 Å². The summed E-state index contributed by atoms with van der Waals surface area (Å²) in [6, 6.07) is -0.738. The minimum Gasteiger partial charge on any atom is -0.480 e. The molecular weight excluding hydrogens is 264 g/mol. The van der Waals surface area contributed by atoms with Crippen LogP contribution in [0.5, 0.6) is 0 Å². The maximum atomic E-state index is 12.4. The Hall–Kier alpha value is -0.910. The van der Waals surface area contributed by atoms with E-state index in [1.165, 1.54) is 29.5 Å². The van der Waals surface area contributed by atoms with Crippen LogP contribution in [0.1, 0.15) is 32.6 Å². The zero-order chi connectivity index (χ0) is 13.8. The summed E-state index contributed by atoms with van der Waals surface area (Å²) in [7, 11) is 0. The van der Waals surface area contributed by atoms with Gasteiger partial charge in [0.1, 0.15) is 6.04 Å². The Morgan fingerprint density at radius 2 is 2.00 bits per heavy atom. The number of rotatable bonds is 3. The molecule has 1 atom stereocenters. The van der Waals surface area contributed by atoms with Crippen LogP contribution in [-0.4, -0.2) is 57.7 Å². The number of thioether (sulfide) groups is 1. The van der Waals surface area contributed by atoms with E-state index in [0.29, 0.717) is 11.6 Å². The van der Waals surface area contributed by atoms with Gasteiger partial charge in [0.15, 0.2) is 0 Å². The predicted octanol–water partition coefficient (Wildman–Crippen LogP) is 2.08. The molecule has 108 valence electrons. The number of likely N-dealkylation sites (tertiary alicyclic amines) is 1. The molecular formula is C13H22N2O3S. The fourth-order valence-electron chi connectivity index (χ4n) is 2.84. The van der Waals surface area contributed by atoms with Crippen LogP contribution >= 0.6 is 11.8 Å². The minimum atomic E-state index is -0.890. The van der Waals surface area contributed by atoms with Gasteiger partial charge in [-0.2, -0.15) is 0 Å². The number of urea groups is 1. The van der Waals surface area contributed by atoms with Gasteiger partial charge in [0.05, 0.1) is 5.88 Å². The van der Waals surface area contributed by atoms with Gasteiger partial charge in [0, 0.05) is 18.8 Å². The highest BCUT2D eigenvalue weighted by Crippen LogP contribution is 2.26. The Kier molecular flexibility index (Phi) is 4.96. The Balaban J connectivity index is 1.89. The van der Waals surface area contributed by atoms with Gasteiger partial charge in [-0.05, 0) is 18.8 Å². The zero-order valence-electron chi connectivity index (χ0n) is 11.4. The largest absolute Gasteiger partial charge is 0.480 e. The first-order valence-electron chi connectivity index (χ1n) is 6.99. The Bertz CT molecular complexity index is 343. The molecule has 2 saturated heterocycles. The average molecular weight is 286 g/mol. The number of hydrogen-bond donors (Lipinski definition) is 1. The van der Waals surface area contributed by atoms with Crippen LogP contribution in [0.25, 0.3) is 0 Å². The first kappa shape index (κ1) is 14.5. The normalized spacial score (nSPS) is 24.8. The Labute approximate surface area is 118 Å². The van der Waals surface area contributed by atoms with Crippen LogP contribution in [0.4, 0.5) is 4.79 Å². The number of aliphatic carboxylic acids is 1. The number of hydrogen-bond acceptors (Lipinski definition) is 3. The quantitative estimate of drug-likeness (QED) is 0.863. The molecule has 2 rings (SSSR count). The van der Waals surface area contributed by atoms with Crippen LogP contribution in [0, 0.1) is 5.92 Å². The summed E-state index contributed by atoms with van der Waals surface area (Å²) in [6.07, 6.45) is 4.54. The number of carbonyl (C=O) groups is 2. The summed E-state index contributed by atoms with van der Waals surface area (Å²) in [5.41, 5.74) is 0. The highest BCUT2D eigenvalue weighted by Gasteiger charge is 2.37. The van der Waals surface area contributed by atoms with Crippen molar-refractivity contribution >= 4 is 23.8 Å². The summed E-state index contributed by atoms with van der Waals surface area (Å²) >= 11 is 1.52. The third-order valence-electron chi connectivity index (χ3n) is 4.00. The number of carbonyl (C=O) groups excluding carboxylic acids is 1. The summed E-state index contributed by atoms with van der Waals surface area (Å²) in [6.45, 7) is 3.74. The molecule has 2 aliphatic heterocycles. The third kappa shape index (κ3) is 3.35. The second-order valence-electron chi connectivity index (χ2n) is 5.33. The second kappa shape index (κ2) is 6.50. The van der Waals surface area contributed by atoms with Crippen LogP contribution < -0.4 is 0 Å². The van der Waals surface area contributed by atoms with Gasteiger partial charge >= 0.3 is 12.0 Å². The topological polar surface area (TPSA) is 60.9 Å². The van der Waals surface area contributed by atoms with Crippen molar-refractivity contribution in [1.29, 1.82) is 0 Å². The molecule has 0 spiro atoms. The first-order chi connectivity index (χ1) is 9.13. The van der Waals surface area contributed by atoms with Crippen LogP contribution in [0.3, 0.4) is 0 Å². The van der Waals surface area contributed by atoms with Crippen molar-refractivity contribution in [2.24, 2.45) is 5.92 Å². The van der Waals surface area contributed by atoms with Gasteiger partial charge < -0.3 is 14.9 Å². The summed E-state index contributed by atoms with van der Waals surface area (Å²) < 4.78 is 0. The molecule has 0 radical (unpaired) electrons. The Morgan fingerprint density at radius 3 is 2.58 bits per heavy atom. The lowest BCUT2D eigenvalue weighted by atomic mass is 9.93. The number of nitrogens with zero attached hydrogens (tertiary/aromatic N) is 2. The zero-order valence-corrected chi connectivity index (χ0v) is 12.2. The molecule has 19 heavy (non-hydrogen) atoms. The summed E-state index contributed by atoms with van der Waals surface area (Å²) in [4.78, 5) is 26.8. The molecule has 0 saturated carbocycles. The van der Waals surface area contributed by atoms with E-state index in [1.807, 2.05) is 4.90 Å². The Morgan fingerprint density at radius 1 is 1.32 bits per heavy atom. The molecule has 0 aromatic heterocycles. The monoisotopic (exact) mass is 286 g/mol. The molecule has 2 fully saturated rings. The summed E-state index contributed by atoms with van der Waals surface area (Å²) in [5, 5.41) is 9.12. The van der Waals surface area contributed by atoms with Gasteiger partial charge in [0.25, 0.3) is 0 Å². The highest BCUT2D eigenvalue weighted by molar-refractivity contribution is 7.99.